The van der Waals surface area contributed by atoms with Crippen molar-refractivity contribution in [2.45, 2.75) is 38.8 Å². The second-order valence-corrected chi connectivity index (χ2v) is 5.91. The van der Waals surface area contributed by atoms with Crippen LogP contribution in [-0.4, -0.2) is 67.6 Å². The van der Waals surface area contributed by atoms with E-state index in [0.29, 0.717) is 38.8 Å². The summed E-state index contributed by atoms with van der Waals surface area (Å²) in [4.78, 5) is 26.9. The molecule has 2 amide bonds. The van der Waals surface area contributed by atoms with Gasteiger partial charge in [0.25, 0.3) is 0 Å². The summed E-state index contributed by atoms with van der Waals surface area (Å²) in [5.41, 5.74) is 0. The molecule has 24 heavy (non-hydrogen) atoms. The molecule has 0 aromatic carbocycles. The molecule has 0 radical (unpaired) electrons. The number of carbonyl (C=O) groups excluding carboxylic acids is 2. The Bertz CT molecular complexity index is 408. The summed E-state index contributed by atoms with van der Waals surface area (Å²) < 4.78 is 37.9. The molecule has 0 bridgehead atoms. The normalized spacial score (nSPS) is 18.0. The topological polar surface area (TPSA) is 52.7 Å². The van der Waals surface area contributed by atoms with Crippen molar-refractivity contribution < 1.29 is 22.8 Å². The van der Waals surface area contributed by atoms with Crippen LogP contribution in [0.3, 0.4) is 0 Å². The van der Waals surface area contributed by atoms with Crippen LogP contribution in [0.4, 0.5) is 13.2 Å². The number of amides is 2. The van der Waals surface area contributed by atoms with Gasteiger partial charge in [0.15, 0.2) is 0 Å². The molecule has 1 heterocycles. The van der Waals surface area contributed by atoms with Gasteiger partial charge in [-0.05, 0) is 26.3 Å². The molecule has 1 unspecified atom stereocenters. The Kier molecular flexibility index (Phi) is 10.3. The fraction of sp³-hybridized carbons (Fsp3) is 0.867. The maximum Gasteiger partial charge on any atom is 0.406 e. The van der Waals surface area contributed by atoms with Crippen molar-refractivity contribution in [1.29, 1.82) is 0 Å². The van der Waals surface area contributed by atoms with E-state index >= 15 is 0 Å². The average molecular weight is 374 g/mol. The van der Waals surface area contributed by atoms with E-state index < -0.39 is 24.5 Å². The molecule has 1 rings (SSSR count). The molecule has 0 saturated carbocycles. The second-order valence-electron chi connectivity index (χ2n) is 5.91. The molecule has 1 atom stereocenters. The first kappa shape index (κ1) is 23.0. The Hall–Kier alpha value is -1.02. The fourth-order valence-corrected chi connectivity index (χ4v) is 2.81. The number of hydrogen-bond acceptors (Lipinski definition) is 3. The third-order valence-electron chi connectivity index (χ3n) is 3.89. The molecule has 9 heteroatoms. The highest BCUT2D eigenvalue weighted by Gasteiger charge is 2.36. The van der Waals surface area contributed by atoms with Crippen LogP contribution in [0.5, 0.6) is 0 Å². The van der Waals surface area contributed by atoms with Gasteiger partial charge in [-0.15, -0.1) is 12.4 Å². The van der Waals surface area contributed by atoms with Crippen molar-refractivity contribution >= 4 is 24.2 Å². The summed E-state index contributed by atoms with van der Waals surface area (Å²) in [5.74, 6) is -1.08. The molecule has 1 fully saturated rings. The summed E-state index contributed by atoms with van der Waals surface area (Å²) in [6, 6.07) is 0. The van der Waals surface area contributed by atoms with Crippen molar-refractivity contribution in [2.24, 2.45) is 5.92 Å². The summed E-state index contributed by atoms with van der Waals surface area (Å²) in [6.07, 6.45) is -2.42. The lowest BCUT2D eigenvalue weighted by Gasteiger charge is -2.35. The highest BCUT2D eigenvalue weighted by atomic mass is 35.5. The number of nitrogens with zero attached hydrogens (tertiary/aromatic N) is 2. The van der Waals surface area contributed by atoms with Crippen LogP contribution < -0.4 is 5.32 Å². The first-order valence-corrected chi connectivity index (χ1v) is 8.06. The maximum absolute atomic E-state index is 12.6. The highest BCUT2D eigenvalue weighted by molar-refractivity contribution is 5.85. The fourth-order valence-electron chi connectivity index (χ4n) is 2.81. The molecule has 1 aliphatic rings. The zero-order chi connectivity index (χ0) is 17.5. The Balaban J connectivity index is 0.00000529. The molecule has 0 aliphatic carbocycles. The minimum absolute atomic E-state index is 0. The van der Waals surface area contributed by atoms with E-state index in [4.69, 9.17) is 0 Å². The van der Waals surface area contributed by atoms with Crippen molar-refractivity contribution in [3.63, 3.8) is 0 Å². The van der Waals surface area contributed by atoms with Gasteiger partial charge in [-0.25, -0.2) is 0 Å². The quantitative estimate of drug-likeness (QED) is 0.743. The zero-order valence-corrected chi connectivity index (χ0v) is 15.0. The molecule has 5 nitrogen and oxygen atoms in total. The van der Waals surface area contributed by atoms with Crippen LogP contribution >= 0.6 is 12.4 Å². The van der Waals surface area contributed by atoms with E-state index in [1.54, 1.807) is 18.9 Å². The van der Waals surface area contributed by atoms with Gasteiger partial charge in [0, 0.05) is 32.6 Å². The van der Waals surface area contributed by atoms with Gasteiger partial charge in [-0.1, -0.05) is 6.92 Å². The van der Waals surface area contributed by atoms with Gasteiger partial charge < -0.3 is 15.1 Å². The SMILES string of the molecule is CCCN(CC(F)(F)F)C(=O)C1CCCN(C(=O)CCNC)C1.Cl. The molecule has 0 spiro atoms. The Labute approximate surface area is 147 Å². The summed E-state index contributed by atoms with van der Waals surface area (Å²) in [7, 11) is 1.75. The molecule has 142 valence electrons. The van der Waals surface area contributed by atoms with E-state index in [0.717, 1.165) is 4.90 Å². The number of alkyl halides is 3. The summed E-state index contributed by atoms with van der Waals surface area (Å²) >= 11 is 0. The first-order chi connectivity index (χ1) is 10.8. The first-order valence-electron chi connectivity index (χ1n) is 8.06. The largest absolute Gasteiger partial charge is 0.406 e. The van der Waals surface area contributed by atoms with E-state index in [2.05, 4.69) is 5.32 Å². The predicted octanol–water partition coefficient (Wildman–Crippen LogP) is 2.06. The third-order valence-corrected chi connectivity index (χ3v) is 3.89. The number of likely N-dealkylation sites (tertiary alicyclic amines) is 1. The number of carbonyl (C=O) groups is 2. The number of hydrogen-bond donors (Lipinski definition) is 1. The smallest absolute Gasteiger partial charge is 0.342 e. The van der Waals surface area contributed by atoms with Crippen molar-refractivity contribution in [3.05, 3.63) is 0 Å². The van der Waals surface area contributed by atoms with E-state index in [-0.39, 0.29) is 31.4 Å². The van der Waals surface area contributed by atoms with Crippen molar-refractivity contribution in [3.8, 4) is 0 Å². The second kappa shape index (κ2) is 10.8. The number of piperidine rings is 1. The molecular weight excluding hydrogens is 347 g/mol. The molecular formula is C15H27ClF3N3O2. The van der Waals surface area contributed by atoms with Crippen molar-refractivity contribution in [1.82, 2.24) is 15.1 Å². The maximum atomic E-state index is 12.6. The lowest BCUT2D eigenvalue weighted by molar-refractivity contribution is -0.165. The Morgan fingerprint density at radius 2 is 2.00 bits per heavy atom. The van der Waals surface area contributed by atoms with Gasteiger partial charge in [0.1, 0.15) is 6.54 Å². The van der Waals surface area contributed by atoms with Crippen LogP contribution in [0, 0.1) is 5.92 Å². The lowest BCUT2D eigenvalue weighted by atomic mass is 9.96. The average Bonchev–Trinajstić information content (AvgIpc) is 2.50. The van der Waals surface area contributed by atoms with Crippen LogP contribution in [-0.2, 0) is 9.59 Å². The lowest BCUT2D eigenvalue weighted by Crippen LogP contribution is -2.49. The number of nitrogens with one attached hydrogen (secondary N) is 1. The van der Waals surface area contributed by atoms with Crippen LogP contribution in [0.15, 0.2) is 0 Å². The van der Waals surface area contributed by atoms with E-state index in [1.165, 1.54) is 0 Å². The van der Waals surface area contributed by atoms with Crippen molar-refractivity contribution in [2.75, 3.05) is 39.8 Å². The molecule has 1 saturated heterocycles. The minimum atomic E-state index is -4.40. The Morgan fingerprint density at radius 1 is 1.33 bits per heavy atom. The van der Waals surface area contributed by atoms with E-state index in [1.807, 2.05) is 0 Å². The predicted molar refractivity (Wildman–Crippen MR) is 88.0 cm³/mol. The van der Waals surface area contributed by atoms with Crippen LogP contribution in [0.2, 0.25) is 0 Å². The van der Waals surface area contributed by atoms with Gasteiger partial charge in [0.2, 0.25) is 11.8 Å². The molecule has 1 aliphatic heterocycles. The monoisotopic (exact) mass is 373 g/mol. The Morgan fingerprint density at radius 3 is 2.54 bits per heavy atom. The molecule has 1 N–H and O–H groups in total. The van der Waals surface area contributed by atoms with E-state index in [9.17, 15) is 22.8 Å². The summed E-state index contributed by atoms with van der Waals surface area (Å²) in [6.45, 7) is 1.94. The zero-order valence-electron chi connectivity index (χ0n) is 14.2. The molecule has 0 aromatic rings. The summed E-state index contributed by atoms with van der Waals surface area (Å²) in [5, 5.41) is 2.88. The third kappa shape index (κ3) is 7.70. The standard InChI is InChI=1S/C15H26F3N3O2.ClH/c1-3-8-21(11-15(16,17)18)14(23)12-5-4-9-20(10-12)13(22)6-7-19-2;/h12,19H,3-11H2,1-2H3;1H. The van der Waals surface area contributed by atoms with Gasteiger partial charge >= 0.3 is 6.18 Å². The molecule has 0 aromatic heterocycles. The van der Waals surface area contributed by atoms with Crippen LogP contribution in [0.25, 0.3) is 0 Å². The minimum Gasteiger partial charge on any atom is -0.342 e. The van der Waals surface area contributed by atoms with Gasteiger partial charge in [0.05, 0.1) is 5.92 Å². The number of rotatable bonds is 7. The van der Waals surface area contributed by atoms with Gasteiger partial charge in [-0.2, -0.15) is 13.2 Å². The highest BCUT2D eigenvalue weighted by Crippen LogP contribution is 2.23. The van der Waals surface area contributed by atoms with Gasteiger partial charge in [-0.3, -0.25) is 9.59 Å². The number of halogens is 4. The van der Waals surface area contributed by atoms with Crippen LogP contribution in [0.1, 0.15) is 32.6 Å².